The minimum Gasteiger partial charge on any atom is -0.385 e. The normalized spacial score (nSPS) is 10.0. The number of hydrogen-bond donors (Lipinski definition) is 1. The molecular weight excluding hydrogens is 264 g/mol. The molecule has 0 unspecified atom stereocenters. The fraction of sp³-hybridized carbons (Fsp3) is 0.214. The Morgan fingerprint density at radius 1 is 1.33 bits per heavy atom. The van der Waals surface area contributed by atoms with Crippen LogP contribution in [0.5, 0.6) is 0 Å². The fourth-order valence-corrected chi connectivity index (χ4v) is 2.63. The molecule has 0 spiro atoms. The van der Waals surface area contributed by atoms with Crippen LogP contribution in [0.1, 0.15) is 10.4 Å². The molecular formula is C14H13ClN2S. The Kier molecular flexibility index (Phi) is 4.63. The molecule has 0 aliphatic carbocycles. The van der Waals surface area contributed by atoms with Crippen LogP contribution in [0, 0.1) is 11.3 Å². The zero-order valence-corrected chi connectivity index (χ0v) is 11.4. The Bertz CT molecular complexity index is 543. The molecule has 0 amide bonds. The van der Waals surface area contributed by atoms with E-state index in [-0.39, 0.29) is 0 Å². The summed E-state index contributed by atoms with van der Waals surface area (Å²) in [5.74, 6) is 0. The van der Waals surface area contributed by atoms with Crippen LogP contribution in [0.15, 0.2) is 35.7 Å². The van der Waals surface area contributed by atoms with Crippen LogP contribution in [-0.4, -0.2) is 6.54 Å². The number of nitrogens with one attached hydrogen (secondary N) is 1. The number of nitrogens with zero attached hydrogens (tertiary/aromatic N) is 1. The SMILES string of the molecule is N#CCc1ccc(NCCc2cccs2)cc1Cl. The van der Waals surface area contributed by atoms with E-state index in [0.717, 1.165) is 24.2 Å². The minimum atomic E-state index is 0.355. The van der Waals surface area contributed by atoms with Crippen molar-refractivity contribution in [2.75, 3.05) is 11.9 Å². The van der Waals surface area contributed by atoms with Crippen LogP contribution in [0.25, 0.3) is 0 Å². The molecule has 18 heavy (non-hydrogen) atoms. The first-order chi connectivity index (χ1) is 8.79. The predicted octanol–water partition coefficient (Wildman–Crippen LogP) is 4.12. The number of benzene rings is 1. The van der Waals surface area contributed by atoms with Gasteiger partial charge in [-0.2, -0.15) is 5.26 Å². The summed E-state index contributed by atoms with van der Waals surface area (Å²) in [6, 6.07) is 12.0. The molecule has 1 aromatic carbocycles. The molecule has 0 radical (unpaired) electrons. The number of halogens is 1. The van der Waals surface area contributed by atoms with Gasteiger partial charge in [-0.3, -0.25) is 0 Å². The van der Waals surface area contributed by atoms with Crippen LogP contribution in [0.2, 0.25) is 5.02 Å². The highest BCUT2D eigenvalue weighted by molar-refractivity contribution is 7.09. The number of anilines is 1. The van der Waals surface area contributed by atoms with E-state index in [9.17, 15) is 0 Å². The molecule has 92 valence electrons. The van der Waals surface area contributed by atoms with E-state index < -0.39 is 0 Å². The molecule has 2 aromatic rings. The van der Waals surface area contributed by atoms with Gasteiger partial charge in [-0.15, -0.1) is 11.3 Å². The van der Waals surface area contributed by atoms with E-state index in [1.165, 1.54) is 4.88 Å². The van der Waals surface area contributed by atoms with Crippen molar-refractivity contribution in [3.05, 3.63) is 51.2 Å². The average molecular weight is 277 g/mol. The van der Waals surface area contributed by atoms with Crippen molar-refractivity contribution in [1.29, 1.82) is 5.26 Å². The zero-order chi connectivity index (χ0) is 12.8. The summed E-state index contributed by atoms with van der Waals surface area (Å²) in [6.07, 6.45) is 1.36. The summed E-state index contributed by atoms with van der Waals surface area (Å²) in [7, 11) is 0. The highest BCUT2D eigenvalue weighted by Gasteiger charge is 2.01. The van der Waals surface area contributed by atoms with Gasteiger partial charge in [0.2, 0.25) is 0 Å². The van der Waals surface area contributed by atoms with Crippen LogP contribution in [0.3, 0.4) is 0 Å². The Morgan fingerprint density at radius 3 is 2.89 bits per heavy atom. The van der Waals surface area contributed by atoms with Gasteiger partial charge in [-0.25, -0.2) is 0 Å². The summed E-state index contributed by atoms with van der Waals surface area (Å²) < 4.78 is 0. The molecule has 2 nitrogen and oxygen atoms in total. The Balaban J connectivity index is 1.90. The van der Waals surface area contributed by atoms with Gasteiger partial charge in [-0.1, -0.05) is 23.7 Å². The first-order valence-corrected chi connectivity index (χ1v) is 6.97. The third-order valence-electron chi connectivity index (χ3n) is 2.60. The monoisotopic (exact) mass is 276 g/mol. The van der Waals surface area contributed by atoms with Crippen molar-refractivity contribution in [1.82, 2.24) is 0 Å². The van der Waals surface area contributed by atoms with Gasteiger partial charge in [0.05, 0.1) is 12.5 Å². The lowest BCUT2D eigenvalue weighted by atomic mass is 10.1. The van der Waals surface area contributed by atoms with E-state index in [1.54, 1.807) is 11.3 Å². The molecule has 0 aliphatic rings. The Hall–Kier alpha value is -1.50. The van der Waals surface area contributed by atoms with Crippen molar-refractivity contribution in [3.63, 3.8) is 0 Å². The standard InChI is InChI=1S/C14H13ClN2S/c15-14-10-12(4-3-11(14)5-7-16)17-8-6-13-2-1-9-18-13/h1-4,9-10,17H,5-6,8H2. The quantitative estimate of drug-likeness (QED) is 0.892. The first-order valence-electron chi connectivity index (χ1n) is 5.71. The second kappa shape index (κ2) is 6.44. The molecule has 0 saturated heterocycles. The van der Waals surface area contributed by atoms with Gasteiger partial charge >= 0.3 is 0 Å². The maximum atomic E-state index is 8.64. The van der Waals surface area contributed by atoms with Crippen LogP contribution in [0.4, 0.5) is 5.69 Å². The molecule has 0 fully saturated rings. The predicted molar refractivity (Wildman–Crippen MR) is 77.3 cm³/mol. The second-order valence-corrected chi connectivity index (χ2v) is 5.34. The molecule has 0 bridgehead atoms. The minimum absolute atomic E-state index is 0.355. The van der Waals surface area contributed by atoms with Gasteiger partial charge < -0.3 is 5.32 Å². The second-order valence-electron chi connectivity index (χ2n) is 3.90. The van der Waals surface area contributed by atoms with Gasteiger partial charge in [0.25, 0.3) is 0 Å². The van der Waals surface area contributed by atoms with Crippen molar-refractivity contribution in [2.24, 2.45) is 0 Å². The van der Waals surface area contributed by atoms with Crippen LogP contribution < -0.4 is 5.32 Å². The van der Waals surface area contributed by atoms with Gasteiger partial charge in [0, 0.05) is 22.1 Å². The van der Waals surface area contributed by atoms with Crippen molar-refractivity contribution >= 4 is 28.6 Å². The molecule has 4 heteroatoms. The molecule has 1 aromatic heterocycles. The van der Waals surface area contributed by atoms with Gasteiger partial charge in [0.15, 0.2) is 0 Å². The van der Waals surface area contributed by atoms with E-state index in [2.05, 4.69) is 28.9 Å². The third-order valence-corrected chi connectivity index (χ3v) is 3.89. The Morgan fingerprint density at radius 2 is 2.22 bits per heavy atom. The fourth-order valence-electron chi connectivity index (χ4n) is 1.67. The van der Waals surface area contributed by atoms with Crippen molar-refractivity contribution in [2.45, 2.75) is 12.8 Å². The number of rotatable bonds is 5. The maximum absolute atomic E-state index is 8.64. The van der Waals surface area contributed by atoms with Crippen molar-refractivity contribution in [3.8, 4) is 6.07 Å². The smallest absolute Gasteiger partial charge is 0.0670 e. The van der Waals surface area contributed by atoms with Crippen LogP contribution in [-0.2, 0) is 12.8 Å². The van der Waals surface area contributed by atoms with E-state index in [1.807, 2.05) is 18.2 Å². The Labute approximate surface area is 116 Å². The lowest BCUT2D eigenvalue weighted by Crippen LogP contribution is -2.04. The highest BCUT2D eigenvalue weighted by Crippen LogP contribution is 2.21. The average Bonchev–Trinajstić information content (AvgIpc) is 2.86. The summed E-state index contributed by atoms with van der Waals surface area (Å²) in [4.78, 5) is 1.37. The van der Waals surface area contributed by atoms with E-state index in [0.29, 0.717) is 11.4 Å². The number of thiophene rings is 1. The topological polar surface area (TPSA) is 35.8 Å². The van der Waals surface area contributed by atoms with E-state index >= 15 is 0 Å². The largest absolute Gasteiger partial charge is 0.385 e. The summed E-state index contributed by atoms with van der Waals surface area (Å²) in [5.41, 5.74) is 1.88. The lowest BCUT2D eigenvalue weighted by molar-refractivity contribution is 1.04. The first kappa shape index (κ1) is 12.9. The van der Waals surface area contributed by atoms with E-state index in [4.69, 9.17) is 16.9 Å². The molecule has 0 saturated carbocycles. The maximum Gasteiger partial charge on any atom is 0.0670 e. The molecule has 1 heterocycles. The summed E-state index contributed by atoms with van der Waals surface area (Å²) >= 11 is 7.87. The van der Waals surface area contributed by atoms with Crippen LogP contribution >= 0.6 is 22.9 Å². The molecule has 0 atom stereocenters. The number of hydrogen-bond acceptors (Lipinski definition) is 3. The zero-order valence-electron chi connectivity index (χ0n) is 9.82. The summed E-state index contributed by atoms with van der Waals surface area (Å²) in [6.45, 7) is 0.883. The van der Waals surface area contributed by atoms with Crippen molar-refractivity contribution < 1.29 is 0 Å². The molecule has 2 rings (SSSR count). The van der Waals surface area contributed by atoms with Gasteiger partial charge in [0.1, 0.15) is 0 Å². The molecule has 1 N–H and O–H groups in total. The number of nitriles is 1. The summed E-state index contributed by atoms with van der Waals surface area (Å²) in [5, 5.41) is 14.7. The molecule has 0 aliphatic heterocycles. The third kappa shape index (κ3) is 3.49. The van der Waals surface area contributed by atoms with Gasteiger partial charge in [-0.05, 0) is 35.6 Å². The lowest BCUT2D eigenvalue weighted by Gasteiger charge is -2.07. The highest BCUT2D eigenvalue weighted by atomic mass is 35.5.